The van der Waals surface area contributed by atoms with Crippen LogP contribution in [0.5, 0.6) is 0 Å². The van der Waals surface area contributed by atoms with Crippen molar-refractivity contribution in [2.45, 2.75) is 19.8 Å². The van der Waals surface area contributed by atoms with Crippen LogP contribution >= 0.6 is 11.6 Å². The van der Waals surface area contributed by atoms with Gasteiger partial charge in [0.1, 0.15) is 5.15 Å². The van der Waals surface area contributed by atoms with Crippen molar-refractivity contribution < 1.29 is 4.79 Å². The van der Waals surface area contributed by atoms with E-state index < -0.39 is 0 Å². The van der Waals surface area contributed by atoms with E-state index in [0.29, 0.717) is 29.4 Å². The van der Waals surface area contributed by atoms with E-state index in [2.05, 4.69) is 15.3 Å². The fourth-order valence-corrected chi connectivity index (χ4v) is 2.02. The van der Waals surface area contributed by atoms with Gasteiger partial charge in [-0.1, -0.05) is 23.7 Å². The van der Waals surface area contributed by atoms with Crippen molar-refractivity contribution in [1.29, 1.82) is 0 Å². The molecule has 1 aromatic heterocycles. The molecule has 1 aromatic carbocycles. The van der Waals surface area contributed by atoms with E-state index in [-0.39, 0.29) is 11.9 Å². The van der Waals surface area contributed by atoms with Gasteiger partial charge in [-0.25, -0.2) is 9.97 Å². The number of amides is 1. The highest BCUT2D eigenvalue weighted by Gasteiger charge is 2.07. The van der Waals surface area contributed by atoms with Crippen LogP contribution < -0.4 is 11.1 Å². The minimum absolute atomic E-state index is 0.158. The highest BCUT2D eigenvalue weighted by atomic mass is 35.5. The second kappa shape index (κ2) is 6.34. The van der Waals surface area contributed by atoms with Crippen LogP contribution in [0.25, 0.3) is 0 Å². The summed E-state index contributed by atoms with van der Waals surface area (Å²) in [4.78, 5) is 19.9. The van der Waals surface area contributed by atoms with Gasteiger partial charge in [-0.2, -0.15) is 0 Å². The van der Waals surface area contributed by atoms with Gasteiger partial charge in [0.05, 0.1) is 0 Å². The molecule has 3 N–H and O–H groups in total. The molecule has 0 fully saturated rings. The van der Waals surface area contributed by atoms with E-state index in [1.807, 2.05) is 24.3 Å². The molecule has 2 aromatic rings. The molecule has 104 valence electrons. The van der Waals surface area contributed by atoms with E-state index in [4.69, 9.17) is 17.3 Å². The third kappa shape index (κ3) is 4.20. The standard InChI is InChI=1S/C14H15ClN4O/c1-9-7-12(15)18-14(17-9)19-13(20)6-5-10-3-2-4-11(16)8-10/h2-4,7-8H,5-6,16H2,1H3,(H,17,18,19,20). The number of nitrogens with one attached hydrogen (secondary N) is 1. The van der Waals surface area contributed by atoms with Crippen LogP contribution in [-0.4, -0.2) is 15.9 Å². The SMILES string of the molecule is Cc1cc(Cl)nc(NC(=O)CCc2cccc(N)c2)n1. The maximum Gasteiger partial charge on any atom is 0.231 e. The molecule has 1 amide bonds. The molecule has 0 saturated heterocycles. The first kappa shape index (κ1) is 14.3. The smallest absolute Gasteiger partial charge is 0.231 e. The van der Waals surface area contributed by atoms with Crippen molar-refractivity contribution in [3.63, 3.8) is 0 Å². The van der Waals surface area contributed by atoms with Crippen molar-refractivity contribution >= 4 is 29.1 Å². The number of carbonyl (C=O) groups excluding carboxylic acids is 1. The highest BCUT2D eigenvalue weighted by Crippen LogP contribution is 2.11. The number of nitrogen functional groups attached to an aromatic ring is 1. The quantitative estimate of drug-likeness (QED) is 0.670. The molecule has 6 heteroatoms. The Morgan fingerprint density at radius 2 is 2.15 bits per heavy atom. The van der Waals surface area contributed by atoms with Gasteiger partial charge >= 0.3 is 0 Å². The average Bonchev–Trinajstić information content (AvgIpc) is 2.35. The van der Waals surface area contributed by atoms with E-state index in [1.165, 1.54) is 0 Å². The van der Waals surface area contributed by atoms with Gasteiger partial charge in [0.25, 0.3) is 0 Å². The van der Waals surface area contributed by atoms with E-state index >= 15 is 0 Å². The molecule has 1 heterocycles. The summed E-state index contributed by atoms with van der Waals surface area (Å²) in [6, 6.07) is 9.10. The van der Waals surface area contributed by atoms with Crippen LogP contribution in [0, 0.1) is 6.92 Å². The molecular weight excluding hydrogens is 276 g/mol. The van der Waals surface area contributed by atoms with Crippen molar-refractivity contribution in [3.8, 4) is 0 Å². The minimum atomic E-state index is -0.158. The van der Waals surface area contributed by atoms with Gasteiger partial charge in [0.2, 0.25) is 11.9 Å². The number of hydrogen-bond acceptors (Lipinski definition) is 4. The molecule has 0 aliphatic carbocycles. The van der Waals surface area contributed by atoms with Gasteiger partial charge in [0, 0.05) is 17.8 Å². The fraction of sp³-hybridized carbons (Fsp3) is 0.214. The van der Waals surface area contributed by atoms with Crippen molar-refractivity contribution in [3.05, 3.63) is 46.7 Å². The maximum atomic E-state index is 11.8. The Balaban J connectivity index is 1.92. The highest BCUT2D eigenvalue weighted by molar-refractivity contribution is 6.29. The lowest BCUT2D eigenvalue weighted by Gasteiger charge is -2.05. The Morgan fingerprint density at radius 3 is 2.85 bits per heavy atom. The van der Waals surface area contributed by atoms with E-state index in [9.17, 15) is 4.79 Å². The summed E-state index contributed by atoms with van der Waals surface area (Å²) in [5.41, 5.74) is 8.10. The summed E-state index contributed by atoms with van der Waals surface area (Å²) >= 11 is 5.81. The number of anilines is 2. The lowest BCUT2D eigenvalue weighted by atomic mass is 10.1. The molecule has 5 nitrogen and oxygen atoms in total. The average molecular weight is 291 g/mol. The second-order valence-corrected chi connectivity index (χ2v) is 4.84. The van der Waals surface area contributed by atoms with Crippen LogP contribution in [0.15, 0.2) is 30.3 Å². The molecule has 0 aliphatic rings. The molecule has 0 unspecified atom stereocenters. The number of halogens is 1. The zero-order valence-corrected chi connectivity index (χ0v) is 11.8. The molecule has 20 heavy (non-hydrogen) atoms. The predicted octanol–water partition coefficient (Wildman–Crippen LogP) is 2.59. The van der Waals surface area contributed by atoms with Gasteiger partial charge in [-0.15, -0.1) is 0 Å². The second-order valence-electron chi connectivity index (χ2n) is 4.45. The number of aryl methyl sites for hydroxylation is 2. The first-order valence-corrected chi connectivity index (χ1v) is 6.56. The number of aromatic nitrogens is 2. The van der Waals surface area contributed by atoms with E-state index in [1.54, 1.807) is 13.0 Å². The monoisotopic (exact) mass is 290 g/mol. The van der Waals surface area contributed by atoms with Gasteiger partial charge < -0.3 is 5.73 Å². The molecule has 2 rings (SSSR count). The summed E-state index contributed by atoms with van der Waals surface area (Å²) in [6.45, 7) is 1.79. The summed E-state index contributed by atoms with van der Waals surface area (Å²) < 4.78 is 0. The van der Waals surface area contributed by atoms with Crippen molar-refractivity contribution in [2.75, 3.05) is 11.1 Å². The lowest BCUT2D eigenvalue weighted by molar-refractivity contribution is -0.116. The molecule has 0 aliphatic heterocycles. The van der Waals surface area contributed by atoms with Crippen LogP contribution in [0.4, 0.5) is 11.6 Å². The molecular formula is C14H15ClN4O. The summed E-state index contributed by atoms with van der Waals surface area (Å²) in [5.74, 6) is 0.0710. The van der Waals surface area contributed by atoms with Gasteiger partial charge in [-0.3, -0.25) is 10.1 Å². The largest absolute Gasteiger partial charge is 0.399 e. The maximum absolute atomic E-state index is 11.8. The van der Waals surface area contributed by atoms with Crippen LogP contribution in [0.2, 0.25) is 5.15 Å². The molecule has 0 spiro atoms. The number of carbonyl (C=O) groups is 1. The lowest BCUT2D eigenvalue weighted by Crippen LogP contribution is -2.15. The van der Waals surface area contributed by atoms with Crippen molar-refractivity contribution in [2.24, 2.45) is 0 Å². The molecule has 0 radical (unpaired) electrons. The van der Waals surface area contributed by atoms with Crippen LogP contribution in [0.3, 0.4) is 0 Å². The third-order valence-corrected chi connectivity index (χ3v) is 2.86. The number of rotatable bonds is 4. The minimum Gasteiger partial charge on any atom is -0.399 e. The Hall–Kier alpha value is -2.14. The number of benzene rings is 1. The predicted molar refractivity (Wildman–Crippen MR) is 79.6 cm³/mol. The molecule has 0 saturated carbocycles. The summed E-state index contributed by atoms with van der Waals surface area (Å²) in [7, 11) is 0. The van der Waals surface area contributed by atoms with Gasteiger partial charge in [0.15, 0.2) is 0 Å². The Kier molecular flexibility index (Phi) is 4.53. The normalized spacial score (nSPS) is 10.3. The molecule has 0 atom stereocenters. The third-order valence-electron chi connectivity index (χ3n) is 2.67. The Bertz CT molecular complexity index is 610. The first-order chi connectivity index (χ1) is 9.52. The fourth-order valence-electron chi connectivity index (χ4n) is 1.78. The Morgan fingerprint density at radius 1 is 1.35 bits per heavy atom. The first-order valence-electron chi connectivity index (χ1n) is 6.18. The van der Waals surface area contributed by atoms with Crippen LogP contribution in [0.1, 0.15) is 17.7 Å². The topological polar surface area (TPSA) is 80.9 Å². The number of nitrogens with two attached hydrogens (primary N) is 1. The summed E-state index contributed by atoms with van der Waals surface area (Å²) in [5, 5.41) is 2.94. The number of hydrogen-bond donors (Lipinski definition) is 2. The zero-order chi connectivity index (χ0) is 14.5. The zero-order valence-electron chi connectivity index (χ0n) is 11.1. The summed E-state index contributed by atoms with van der Waals surface area (Å²) in [6.07, 6.45) is 0.939. The van der Waals surface area contributed by atoms with Gasteiger partial charge in [-0.05, 0) is 37.1 Å². The Labute approximate surface area is 122 Å². The molecule has 0 bridgehead atoms. The van der Waals surface area contributed by atoms with E-state index in [0.717, 1.165) is 5.56 Å². The number of nitrogens with zero attached hydrogens (tertiary/aromatic N) is 2. The van der Waals surface area contributed by atoms with Crippen LogP contribution in [-0.2, 0) is 11.2 Å². The van der Waals surface area contributed by atoms with Crippen molar-refractivity contribution in [1.82, 2.24) is 9.97 Å².